The van der Waals surface area contributed by atoms with E-state index in [4.69, 9.17) is 0 Å². The van der Waals surface area contributed by atoms with Gasteiger partial charge in [0.2, 0.25) is 0 Å². The van der Waals surface area contributed by atoms with E-state index in [1.807, 2.05) is 25.1 Å². The van der Waals surface area contributed by atoms with Gasteiger partial charge in [0.15, 0.2) is 11.6 Å². The molecule has 0 unspecified atom stereocenters. The number of anilines is 1. The number of aryl methyl sites for hydroxylation is 2. The second-order valence-corrected chi connectivity index (χ2v) is 4.40. The van der Waals surface area contributed by atoms with Crippen LogP contribution in [-0.4, -0.2) is 0 Å². The van der Waals surface area contributed by atoms with E-state index < -0.39 is 11.6 Å². The van der Waals surface area contributed by atoms with Crippen LogP contribution < -0.4 is 5.32 Å². The van der Waals surface area contributed by atoms with Gasteiger partial charge in [0.05, 0.1) is 0 Å². The van der Waals surface area contributed by atoms with Gasteiger partial charge in [-0.1, -0.05) is 12.1 Å². The minimum atomic E-state index is -0.815. The summed E-state index contributed by atoms with van der Waals surface area (Å²) in [6.07, 6.45) is 0. The molecule has 1 nitrogen and oxygen atoms in total. The van der Waals surface area contributed by atoms with Gasteiger partial charge in [-0.15, -0.1) is 0 Å². The highest BCUT2D eigenvalue weighted by atomic mass is 19.2. The molecule has 0 aliphatic rings. The molecule has 0 bridgehead atoms. The first-order valence-electron chi connectivity index (χ1n) is 5.81. The van der Waals surface area contributed by atoms with Crippen molar-refractivity contribution in [3.05, 3.63) is 64.7 Å². The molecule has 0 aliphatic heterocycles. The fraction of sp³-hybridized carbons (Fsp3) is 0.200. The standard InChI is InChI=1S/C15H15F2N/c1-10-3-5-13(7-11(10)2)18-9-12-4-6-14(16)15(17)8-12/h3-8,18H,9H2,1-2H3. The maximum Gasteiger partial charge on any atom is 0.159 e. The molecule has 3 heteroatoms. The second-order valence-electron chi connectivity index (χ2n) is 4.40. The third-order valence-corrected chi connectivity index (χ3v) is 2.99. The Morgan fingerprint density at radius 3 is 2.33 bits per heavy atom. The summed E-state index contributed by atoms with van der Waals surface area (Å²) in [6, 6.07) is 9.98. The number of hydrogen-bond donors (Lipinski definition) is 1. The van der Waals surface area contributed by atoms with Crippen LogP contribution in [0.25, 0.3) is 0 Å². The average molecular weight is 247 g/mol. The molecule has 2 rings (SSSR count). The summed E-state index contributed by atoms with van der Waals surface area (Å²) in [4.78, 5) is 0. The normalized spacial score (nSPS) is 10.4. The predicted molar refractivity (Wildman–Crippen MR) is 69.6 cm³/mol. The summed E-state index contributed by atoms with van der Waals surface area (Å²) in [5.74, 6) is -1.63. The van der Waals surface area contributed by atoms with Gasteiger partial charge >= 0.3 is 0 Å². The number of hydrogen-bond acceptors (Lipinski definition) is 1. The molecular formula is C15H15F2N. The smallest absolute Gasteiger partial charge is 0.159 e. The lowest BCUT2D eigenvalue weighted by molar-refractivity contribution is 0.507. The van der Waals surface area contributed by atoms with Crippen molar-refractivity contribution >= 4 is 5.69 Å². The summed E-state index contributed by atoms with van der Waals surface area (Å²) < 4.78 is 25.8. The zero-order valence-electron chi connectivity index (χ0n) is 10.4. The Kier molecular flexibility index (Phi) is 3.60. The van der Waals surface area contributed by atoms with Crippen LogP contribution in [0.2, 0.25) is 0 Å². The molecule has 1 N–H and O–H groups in total. The Hall–Kier alpha value is -1.90. The van der Waals surface area contributed by atoms with Crippen LogP contribution in [0.4, 0.5) is 14.5 Å². The molecule has 94 valence electrons. The van der Waals surface area contributed by atoms with Crippen LogP contribution in [-0.2, 0) is 6.54 Å². The molecule has 0 heterocycles. The largest absolute Gasteiger partial charge is 0.381 e. The molecular weight excluding hydrogens is 232 g/mol. The van der Waals surface area contributed by atoms with Gasteiger partial charge in [-0.05, 0) is 54.8 Å². The molecule has 0 atom stereocenters. The maximum absolute atomic E-state index is 13.0. The van der Waals surface area contributed by atoms with E-state index in [0.29, 0.717) is 12.1 Å². The van der Waals surface area contributed by atoms with Crippen molar-refractivity contribution in [1.82, 2.24) is 0 Å². The summed E-state index contributed by atoms with van der Waals surface area (Å²) in [6.45, 7) is 4.56. The molecule has 0 aromatic heterocycles. The van der Waals surface area contributed by atoms with Crippen LogP contribution in [0.5, 0.6) is 0 Å². The van der Waals surface area contributed by atoms with Gasteiger partial charge in [-0.25, -0.2) is 8.78 Å². The van der Waals surface area contributed by atoms with E-state index in [1.54, 1.807) is 6.07 Å². The van der Waals surface area contributed by atoms with E-state index >= 15 is 0 Å². The van der Waals surface area contributed by atoms with Gasteiger partial charge < -0.3 is 5.32 Å². The van der Waals surface area contributed by atoms with E-state index in [9.17, 15) is 8.78 Å². The summed E-state index contributed by atoms with van der Waals surface area (Å²) in [5, 5.41) is 3.19. The Morgan fingerprint density at radius 1 is 0.889 bits per heavy atom. The molecule has 0 aliphatic carbocycles. The van der Waals surface area contributed by atoms with Crippen molar-refractivity contribution in [3.8, 4) is 0 Å². The highest BCUT2D eigenvalue weighted by Crippen LogP contribution is 2.16. The quantitative estimate of drug-likeness (QED) is 0.857. The Balaban J connectivity index is 2.06. The molecule has 0 spiro atoms. The fourth-order valence-electron chi connectivity index (χ4n) is 1.71. The molecule has 2 aromatic rings. The van der Waals surface area contributed by atoms with Crippen LogP contribution in [0.15, 0.2) is 36.4 Å². The number of rotatable bonds is 3. The van der Waals surface area contributed by atoms with Crippen molar-refractivity contribution < 1.29 is 8.78 Å². The Labute approximate surface area is 105 Å². The zero-order valence-corrected chi connectivity index (χ0v) is 10.4. The van der Waals surface area contributed by atoms with Crippen molar-refractivity contribution in [2.24, 2.45) is 0 Å². The van der Waals surface area contributed by atoms with Gasteiger partial charge in [0.25, 0.3) is 0 Å². The lowest BCUT2D eigenvalue weighted by atomic mass is 10.1. The predicted octanol–water partition coefficient (Wildman–Crippen LogP) is 4.19. The van der Waals surface area contributed by atoms with Crippen molar-refractivity contribution in [1.29, 1.82) is 0 Å². The van der Waals surface area contributed by atoms with Crippen LogP contribution in [0.1, 0.15) is 16.7 Å². The third kappa shape index (κ3) is 2.86. The van der Waals surface area contributed by atoms with E-state index in [-0.39, 0.29) is 0 Å². The first-order valence-corrected chi connectivity index (χ1v) is 5.81. The molecule has 0 radical (unpaired) electrons. The van der Waals surface area contributed by atoms with Crippen LogP contribution in [0, 0.1) is 25.5 Å². The summed E-state index contributed by atoms with van der Waals surface area (Å²) in [7, 11) is 0. The van der Waals surface area contributed by atoms with Crippen molar-refractivity contribution in [2.75, 3.05) is 5.32 Å². The third-order valence-electron chi connectivity index (χ3n) is 2.99. The average Bonchev–Trinajstić information content (AvgIpc) is 2.35. The minimum Gasteiger partial charge on any atom is -0.381 e. The number of nitrogens with one attached hydrogen (secondary N) is 1. The van der Waals surface area contributed by atoms with Gasteiger partial charge in [0.1, 0.15) is 0 Å². The highest BCUT2D eigenvalue weighted by Gasteiger charge is 2.02. The number of halogens is 2. The molecule has 18 heavy (non-hydrogen) atoms. The second kappa shape index (κ2) is 5.17. The zero-order chi connectivity index (χ0) is 13.1. The molecule has 0 saturated carbocycles. The first kappa shape index (κ1) is 12.6. The molecule has 0 fully saturated rings. The van der Waals surface area contributed by atoms with Crippen molar-refractivity contribution in [3.63, 3.8) is 0 Å². The summed E-state index contributed by atoms with van der Waals surface area (Å²) >= 11 is 0. The highest BCUT2D eigenvalue weighted by molar-refractivity contribution is 5.48. The number of benzene rings is 2. The van der Waals surface area contributed by atoms with Crippen LogP contribution in [0.3, 0.4) is 0 Å². The maximum atomic E-state index is 13.0. The Morgan fingerprint density at radius 2 is 1.67 bits per heavy atom. The van der Waals surface area contributed by atoms with E-state index in [1.165, 1.54) is 17.2 Å². The van der Waals surface area contributed by atoms with Gasteiger partial charge in [-0.3, -0.25) is 0 Å². The topological polar surface area (TPSA) is 12.0 Å². The molecule has 0 amide bonds. The lowest BCUT2D eigenvalue weighted by Gasteiger charge is -2.09. The van der Waals surface area contributed by atoms with Crippen molar-refractivity contribution in [2.45, 2.75) is 20.4 Å². The fourth-order valence-corrected chi connectivity index (χ4v) is 1.71. The van der Waals surface area contributed by atoms with Gasteiger partial charge in [0, 0.05) is 12.2 Å². The molecule has 0 saturated heterocycles. The van der Waals surface area contributed by atoms with E-state index in [2.05, 4.69) is 12.2 Å². The molecule has 2 aromatic carbocycles. The minimum absolute atomic E-state index is 0.472. The first-order chi connectivity index (χ1) is 8.56. The monoisotopic (exact) mass is 247 g/mol. The van der Waals surface area contributed by atoms with Crippen LogP contribution >= 0.6 is 0 Å². The van der Waals surface area contributed by atoms with Gasteiger partial charge in [-0.2, -0.15) is 0 Å². The summed E-state index contributed by atoms with van der Waals surface area (Å²) in [5.41, 5.74) is 4.12. The lowest BCUT2D eigenvalue weighted by Crippen LogP contribution is -2.01. The van der Waals surface area contributed by atoms with E-state index in [0.717, 1.165) is 11.8 Å². The Bertz CT molecular complexity index is 513. The SMILES string of the molecule is Cc1ccc(NCc2ccc(F)c(F)c2)cc1C.